The summed E-state index contributed by atoms with van der Waals surface area (Å²) in [5.41, 5.74) is 6.44. The van der Waals surface area contributed by atoms with E-state index in [0.717, 1.165) is 6.33 Å². The number of rotatable bonds is 3. The van der Waals surface area contributed by atoms with Gasteiger partial charge in [0, 0.05) is 13.2 Å². The fourth-order valence-electron chi connectivity index (χ4n) is 1.51. The second-order valence-corrected chi connectivity index (χ2v) is 3.64. The molecule has 0 saturated heterocycles. The van der Waals surface area contributed by atoms with Crippen LogP contribution in [0.15, 0.2) is 12.5 Å². The predicted molar refractivity (Wildman–Crippen MR) is 64.3 cm³/mol. The van der Waals surface area contributed by atoms with Crippen LogP contribution in [0, 0.1) is 17.0 Å². The van der Waals surface area contributed by atoms with Gasteiger partial charge >= 0.3 is 5.69 Å². The molecule has 0 amide bonds. The van der Waals surface area contributed by atoms with Crippen LogP contribution in [0.25, 0.3) is 0 Å². The van der Waals surface area contributed by atoms with Gasteiger partial charge in [-0.05, 0) is 6.92 Å². The summed E-state index contributed by atoms with van der Waals surface area (Å²) in [4.78, 5) is 17.7. The van der Waals surface area contributed by atoms with E-state index in [-0.39, 0.29) is 17.3 Å². The molecule has 9 nitrogen and oxygen atoms in total. The van der Waals surface area contributed by atoms with Gasteiger partial charge in [0.15, 0.2) is 0 Å². The van der Waals surface area contributed by atoms with Crippen LogP contribution in [0.4, 0.5) is 23.0 Å². The summed E-state index contributed by atoms with van der Waals surface area (Å²) in [6.45, 7) is 1.78. The Morgan fingerprint density at radius 2 is 2.22 bits per heavy atom. The quantitative estimate of drug-likeness (QED) is 0.607. The van der Waals surface area contributed by atoms with Gasteiger partial charge in [0.25, 0.3) is 0 Å². The number of hydrogen-bond donors (Lipinski definition) is 2. The van der Waals surface area contributed by atoms with E-state index in [9.17, 15) is 10.1 Å². The molecule has 2 aromatic rings. The third-order valence-electron chi connectivity index (χ3n) is 2.30. The molecule has 94 valence electrons. The van der Waals surface area contributed by atoms with Crippen LogP contribution in [-0.4, -0.2) is 24.7 Å². The average molecular weight is 249 g/mol. The number of nitrogens with two attached hydrogens (primary N) is 1. The number of nitro groups is 1. The predicted octanol–water partition coefficient (Wildman–Crippen LogP) is 0.753. The van der Waals surface area contributed by atoms with E-state index in [2.05, 4.69) is 20.4 Å². The van der Waals surface area contributed by atoms with E-state index in [1.54, 1.807) is 24.9 Å². The minimum Gasteiger partial charge on any atom is -0.378 e. The fraction of sp³-hybridized carbons (Fsp3) is 0.222. The molecule has 0 aromatic carbocycles. The summed E-state index contributed by atoms with van der Waals surface area (Å²) in [6, 6.07) is 0. The third-order valence-corrected chi connectivity index (χ3v) is 2.30. The highest BCUT2D eigenvalue weighted by molar-refractivity contribution is 5.72. The highest BCUT2D eigenvalue weighted by atomic mass is 16.6. The molecule has 0 unspecified atom stereocenters. The Hall–Kier alpha value is -2.71. The number of hydrogen-bond acceptors (Lipinski definition) is 7. The highest BCUT2D eigenvalue weighted by Gasteiger charge is 2.21. The van der Waals surface area contributed by atoms with Gasteiger partial charge in [0.1, 0.15) is 6.33 Å². The first kappa shape index (κ1) is 11.8. The standard InChI is InChI=1S/C9H11N7O2/c1-5-6(3-15(2)14-5)13-9-7(16(17)18)8(10)11-4-12-9/h3-4H,1-2H3,(H3,10,11,12,13). The molecule has 2 aromatic heterocycles. The van der Waals surface area contributed by atoms with Crippen molar-refractivity contribution in [3.63, 3.8) is 0 Å². The van der Waals surface area contributed by atoms with Crippen LogP contribution in [0.1, 0.15) is 5.69 Å². The zero-order valence-corrected chi connectivity index (χ0v) is 9.78. The summed E-state index contributed by atoms with van der Waals surface area (Å²) in [6.07, 6.45) is 2.85. The molecule has 3 N–H and O–H groups in total. The second kappa shape index (κ2) is 4.28. The van der Waals surface area contributed by atoms with Gasteiger partial charge in [-0.1, -0.05) is 0 Å². The lowest BCUT2D eigenvalue weighted by molar-refractivity contribution is -0.383. The Kier molecular flexibility index (Phi) is 2.80. The van der Waals surface area contributed by atoms with Crippen LogP contribution in [0.3, 0.4) is 0 Å². The Bertz CT molecular complexity index is 607. The van der Waals surface area contributed by atoms with Crippen molar-refractivity contribution < 1.29 is 4.92 Å². The summed E-state index contributed by atoms with van der Waals surface area (Å²) < 4.78 is 1.59. The molecule has 0 aliphatic rings. The Morgan fingerprint density at radius 3 is 2.78 bits per heavy atom. The van der Waals surface area contributed by atoms with Gasteiger partial charge in [0.2, 0.25) is 11.6 Å². The molecule has 0 saturated carbocycles. The van der Waals surface area contributed by atoms with E-state index in [0.29, 0.717) is 11.4 Å². The lowest BCUT2D eigenvalue weighted by Gasteiger charge is -2.05. The molecule has 2 heterocycles. The van der Waals surface area contributed by atoms with Crippen LogP contribution in [-0.2, 0) is 7.05 Å². The first-order valence-corrected chi connectivity index (χ1v) is 5.01. The number of anilines is 3. The van der Waals surface area contributed by atoms with Crippen molar-refractivity contribution in [1.29, 1.82) is 0 Å². The van der Waals surface area contributed by atoms with E-state index in [4.69, 9.17) is 5.73 Å². The van der Waals surface area contributed by atoms with Gasteiger partial charge in [-0.15, -0.1) is 0 Å². The molecule has 0 aliphatic heterocycles. The van der Waals surface area contributed by atoms with Crippen LogP contribution in [0.2, 0.25) is 0 Å². The Balaban J connectivity index is 2.43. The molecule has 2 rings (SSSR count). The smallest absolute Gasteiger partial charge is 0.353 e. The summed E-state index contributed by atoms with van der Waals surface area (Å²) in [7, 11) is 1.75. The van der Waals surface area contributed by atoms with Crippen molar-refractivity contribution in [1.82, 2.24) is 19.7 Å². The molecular formula is C9H11N7O2. The Labute approximate surface area is 102 Å². The fourth-order valence-corrected chi connectivity index (χ4v) is 1.51. The summed E-state index contributed by atoms with van der Waals surface area (Å²) in [5.74, 6) is -0.136. The van der Waals surface area contributed by atoms with Crippen molar-refractivity contribution in [2.24, 2.45) is 7.05 Å². The topological polar surface area (TPSA) is 125 Å². The first-order chi connectivity index (χ1) is 8.49. The molecule has 9 heteroatoms. The van der Waals surface area contributed by atoms with Crippen molar-refractivity contribution in [3.05, 3.63) is 28.3 Å². The average Bonchev–Trinajstić information content (AvgIpc) is 2.57. The number of nitrogen functional groups attached to an aromatic ring is 1. The van der Waals surface area contributed by atoms with E-state index < -0.39 is 4.92 Å². The van der Waals surface area contributed by atoms with Crippen molar-refractivity contribution in [3.8, 4) is 0 Å². The van der Waals surface area contributed by atoms with Crippen LogP contribution >= 0.6 is 0 Å². The number of nitrogens with one attached hydrogen (secondary N) is 1. The number of aromatic nitrogens is 4. The molecule has 0 bridgehead atoms. The maximum absolute atomic E-state index is 10.9. The first-order valence-electron chi connectivity index (χ1n) is 5.01. The second-order valence-electron chi connectivity index (χ2n) is 3.64. The number of aryl methyl sites for hydroxylation is 2. The van der Waals surface area contributed by atoms with E-state index in [1.165, 1.54) is 0 Å². The normalized spacial score (nSPS) is 10.3. The SMILES string of the molecule is Cc1nn(C)cc1Nc1ncnc(N)c1[N+](=O)[O-]. The molecule has 18 heavy (non-hydrogen) atoms. The maximum Gasteiger partial charge on any atom is 0.353 e. The molecule has 0 spiro atoms. The molecule has 0 fully saturated rings. The lowest BCUT2D eigenvalue weighted by atomic mass is 10.3. The molecule has 0 atom stereocenters. The minimum atomic E-state index is -0.622. The van der Waals surface area contributed by atoms with Crippen molar-refractivity contribution in [2.75, 3.05) is 11.1 Å². The van der Waals surface area contributed by atoms with Crippen molar-refractivity contribution >= 4 is 23.0 Å². The van der Waals surface area contributed by atoms with Gasteiger partial charge in [-0.2, -0.15) is 5.10 Å². The van der Waals surface area contributed by atoms with Gasteiger partial charge in [0.05, 0.1) is 16.3 Å². The molecule has 0 aliphatic carbocycles. The Morgan fingerprint density at radius 1 is 1.50 bits per heavy atom. The third kappa shape index (κ3) is 2.05. The largest absolute Gasteiger partial charge is 0.378 e. The van der Waals surface area contributed by atoms with Crippen LogP contribution in [0.5, 0.6) is 0 Å². The minimum absolute atomic E-state index is 0.0450. The summed E-state index contributed by atoms with van der Waals surface area (Å²) >= 11 is 0. The van der Waals surface area contributed by atoms with Crippen molar-refractivity contribution in [2.45, 2.75) is 6.92 Å². The molecule has 0 radical (unpaired) electrons. The highest BCUT2D eigenvalue weighted by Crippen LogP contribution is 2.29. The lowest BCUT2D eigenvalue weighted by Crippen LogP contribution is -2.05. The van der Waals surface area contributed by atoms with Gasteiger partial charge in [-0.25, -0.2) is 9.97 Å². The molecular weight excluding hydrogens is 238 g/mol. The van der Waals surface area contributed by atoms with Gasteiger partial charge < -0.3 is 11.1 Å². The van der Waals surface area contributed by atoms with E-state index >= 15 is 0 Å². The van der Waals surface area contributed by atoms with Crippen LogP contribution < -0.4 is 11.1 Å². The zero-order chi connectivity index (χ0) is 13.3. The maximum atomic E-state index is 10.9. The van der Waals surface area contributed by atoms with Gasteiger partial charge in [-0.3, -0.25) is 14.8 Å². The van der Waals surface area contributed by atoms with E-state index in [1.807, 2.05) is 0 Å². The monoisotopic (exact) mass is 249 g/mol. The zero-order valence-electron chi connectivity index (χ0n) is 9.78. The number of nitrogens with zero attached hydrogens (tertiary/aromatic N) is 5. The summed E-state index contributed by atoms with van der Waals surface area (Å²) in [5, 5.41) is 17.8.